The minimum atomic E-state index is 0.0976. The highest BCUT2D eigenvalue weighted by Crippen LogP contribution is 2.24. The average Bonchev–Trinajstić information content (AvgIpc) is 2.77. The lowest BCUT2D eigenvalue weighted by atomic mass is 10.1. The van der Waals surface area contributed by atoms with Crippen LogP contribution in [0.5, 0.6) is 0 Å². The number of hydrogen-bond donors (Lipinski definition) is 0. The second-order valence-electron chi connectivity index (χ2n) is 3.62. The van der Waals surface area contributed by atoms with E-state index in [2.05, 4.69) is 22.4 Å². The molecule has 3 rings (SSSR count). The van der Waals surface area contributed by atoms with Gasteiger partial charge in [0.2, 0.25) is 0 Å². The van der Waals surface area contributed by atoms with Crippen molar-refractivity contribution in [2.45, 2.75) is 19.3 Å². The van der Waals surface area contributed by atoms with Crippen molar-refractivity contribution in [3.05, 3.63) is 47.8 Å². The van der Waals surface area contributed by atoms with Crippen LogP contribution in [-0.2, 0) is 17.9 Å². The quantitative estimate of drug-likeness (QED) is 0.702. The topological polar surface area (TPSA) is 39.9 Å². The largest absolute Gasteiger partial charge is 0.365 e. The molecule has 1 aromatic heterocycles. The summed E-state index contributed by atoms with van der Waals surface area (Å²) in [7, 11) is 0. The number of nitrogens with zero attached hydrogens (tertiary/aromatic N) is 3. The van der Waals surface area contributed by atoms with Gasteiger partial charge in [0.25, 0.3) is 0 Å². The Morgan fingerprint density at radius 1 is 1.27 bits per heavy atom. The van der Waals surface area contributed by atoms with Gasteiger partial charge in [0.15, 0.2) is 0 Å². The summed E-state index contributed by atoms with van der Waals surface area (Å²) in [4.78, 5) is 0. The van der Waals surface area contributed by atoms with Crippen LogP contribution < -0.4 is 0 Å². The molecule has 1 aliphatic heterocycles. The molecule has 1 aliphatic rings. The fourth-order valence-corrected chi connectivity index (χ4v) is 1.81. The Balaban J connectivity index is 1.88. The van der Waals surface area contributed by atoms with Crippen molar-refractivity contribution < 1.29 is 4.74 Å². The Bertz CT molecular complexity index is 452. The lowest BCUT2D eigenvalue weighted by Gasteiger charge is -2.23. The second-order valence-corrected chi connectivity index (χ2v) is 3.62. The first-order chi connectivity index (χ1) is 7.43. The maximum Gasteiger partial charge on any atom is 0.103 e. The SMILES string of the molecule is c1ccc([C@@H]2Cn3nncc3CO2)cc1. The molecule has 2 aromatic rings. The van der Waals surface area contributed by atoms with Crippen LogP contribution in [0.15, 0.2) is 36.5 Å². The third-order valence-electron chi connectivity index (χ3n) is 2.64. The van der Waals surface area contributed by atoms with Crippen LogP contribution in [0.1, 0.15) is 17.4 Å². The van der Waals surface area contributed by atoms with E-state index in [1.165, 1.54) is 5.56 Å². The molecule has 1 aromatic carbocycles. The zero-order chi connectivity index (χ0) is 10.1. The molecule has 0 spiro atoms. The van der Waals surface area contributed by atoms with Crippen LogP contribution >= 0.6 is 0 Å². The minimum Gasteiger partial charge on any atom is -0.365 e. The number of rotatable bonds is 1. The van der Waals surface area contributed by atoms with Crippen LogP contribution in [0.4, 0.5) is 0 Å². The molecule has 4 nitrogen and oxygen atoms in total. The Morgan fingerprint density at radius 3 is 3.00 bits per heavy atom. The van der Waals surface area contributed by atoms with E-state index < -0.39 is 0 Å². The second kappa shape index (κ2) is 3.47. The van der Waals surface area contributed by atoms with Crippen molar-refractivity contribution in [1.29, 1.82) is 0 Å². The lowest BCUT2D eigenvalue weighted by molar-refractivity contribution is -0.00137. The van der Waals surface area contributed by atoms with Crippen molar-refractivity contribution in [2.75, 3.05) is 0 Å². The van der Waals surface area contributed by atoms with Crippen molar-refractivity contribution in [2.24, 2.45) is 0 Å². The normalized spacial score (nSPS) is 19.9. The number of hydrogen-bond acceptors (Lipinski definition) is 3. The Hall–Kier alpha value is -1.68. The number of aromatic nitrogens is 3. The highest BCUT2D eigenvalue weighted by atomic mass is 16.5. The van der Waals surface area contributed by atoms with Gasteiger partial charge >= 0.3 is 0 Å². The van der Waals surface area contributed by atoms with Gasteiger partial charge in [0, 0.05) is 0 Å². The molecule has 4 heteroatoms. The summed E-state index contributed by atoms with van der Waals surface area (Å²) < 4.78 is 7.65. The first-order valence-corrected chi connectivity index (χ1v) is 4.97. The first kappa shape index (κ1) is 8.61. The van der Waals surface area contributed by atoms with E-state index >= 15 is 0 Å². The molecule has 0 fully saturated rings. The van der Waals surface area contributed by atoms with E-state index in [9.17, 15) is 0 Å². The number of ether oxygens (including phenoxy) is 1. The standard InChI is InChI=1S/C11H11N3O/c1-2-4-9(5-3-1)11-7-14-10(8-15-11)6-12-13-14/h1-6,11H,7-8H2/t11-/m0/s1. The molecule has 0 saturated heterocycles. The third kappa shape index (κ3) is 1.53. The van der Waals surface area contributed by atoms with Crippen LogP contribution in [0, 0.1) is 0 Å². The highest BCUT2D eigenvalue weighted by molar-refractivity contribution is 5.18. The molecule has 76 valence electrons. The predicted molar refractivity (Wildman–Crippen MR) is 54.0 cm³/mol. The molecule has 0 N–H and O–H groups in total. The van der Waals surface area contributed by atoms with Crippen molar-refractivity contribution >= 4 is 0 Å². The van der Waals surface area contributed by atoms with E-state index in [4.69, 9.17) is 4.74 Å². The molecule has 0 radical (unpaired) electrons. The predicted octanol–water partition coefficient (Wildman–Crippen LogP) is 1.55. The summed E-state index contributed by atoms with van der Waals surface area (Å²) in [5.41, 5.74) is 2.24. The Kier molecular flexibility index (Phi) is 1.99. The third-order valence-corrected chi connectivity index (χ3v) is 2.64. The molecule has 0 unspecified atom stereocenters. The van der Waals surface area contributed by atoms with Crippen LogP contribution in [0.3, 0.4) is 0 Å². The fourth-order valence-electron chi connectivity index (χ4n) is 1.81. The van der Waals surface area contributed by atoms with Gasteiger partial charge in [0.05, 0.1) is 25.0 Å². The van der Waals surface area contributed by atoms with E-state index in [0.29, 0.717) is 6.61 Å². The molecular formula is C11H11N3O. The minimum absolute atomic E-state index is 0.0976. The van der Waals surface area contributed by atoms with Crippen molar-refractivity contribution in [3.8, 4) is 0 Å². The summed E-state index contributed by atoms with van der Waals surface area (Å²) in [6.07, 6.45) is 1.85. The van der Waals surface area contributed by atoms with Gasteiger partial charge in [-0.3, -0.25) is 0 Å². The molecule has 2 heterocycles. The van der Waals surface area contributed by atoms with Gasteiger partial charge in [-0.2, -0.15) is 0 Å². The molecule has 0 aliphatic carbocycles. The van der Waals surface area contributed by atoms with Gasteiger partial charge in [-0.1, -0.05) is 35.5 Å². The smallest absolute Gasteiger partial charge is 0.103 e. The van der Waals surface area contributed by atoms with Gasteiger partial charge in [-0.15, -0.1) is 5.10 Å². The highest BCUT2D eigenvalue weighted by Gasteiger charge is 2.20. The Labute approximate surface area is 87.5 Å². The van der Waals surface area contributed by atoms with Crippen LogP contribution in [0.2, 0.25) is 0 Å². The summed E-state index contributed by atoms with van der Waals surface area (Å²) >= 11 is 0. The van der Waals surface area contributed by atoms with E-state index in [1.807, 2.05) is 22.9 Å². The summed E-state index contributed by atoms with van der Waals surface area (Å²) in [5.74, 6) is 0. The lowest BCUT2D eigenvalue weighted by Crippen LogP contribution is -2.21. The van der Waals surface area contributed by atoms with Gasteiger partial charge in [0.1, 0.15) is 6.10 Å². The molecule has 0 amide bonds. The van der Waals surface area contributed by atoms with Crippen molar-refractivity contribution in [1.82, 2.24) is 15.0 Å². The summed E-state index contributed by atoms with van der Waals surface area (Å²) in [6.45, 7) is 1.34. The van der Waals surface area contributed by atoms with Gasteiger partial charge in [-0.05, 0) is 5.56 Å². The zero-order valence-electron chi connectivity index (χ0n) is 8.21. The first-order valence-electron chi connectivity index (χ1n) is 4.97. The molecule has 0 bridgehead atoms. The van der Waals surface area contributed by atoms with E-state index in [0.717, 1.165) is 12.2 Å². The van der Waals surface area contributed by atoms with Crippen LogP contribution in [0.25, 0.3) is 0 Å². The molecule has 0 saturated carbocycles. The van der Waals surface area contributed by atoms with Gasteiger partial charge < -0.3 is 4.74 Å². The van der Waals surface area contributed by atoms with Crippen molar-refractivity contribution in [3.63, 3.8) is 0 Å². The van der Waals surface area contributed by atoms with Crippen LogP contribution in [-0.4, -0.2) is 15.0 Å². The molecular weight excluding hydrogens is 190 g/mol. The monoisotopic (exact) mass is 201 g/mol. The fraction of sp³-hybridized carbons (Fsp3) is 0.273. The summed E-state index contributed by atoms with van der Waals surface area (Å²) in [5, 5.41) is 7.88. The molecule has 1 atom stereocenters. The maximum atomic E-state index is 5.75. The van der Waals surface area contributed by atoms with Gasteiger partial charge in [-0.25, -0.2) is 4.68 Å². The Morgan fingerprint density at radius 2 is 2.13 bits per heavy atom. The van der Waals surface area contributed by atoms with E-state index in [-0.39, 0.29) is 6.10 Å². The zero-order valence-corrected chi connectivity index (χ0v) is 8.21. The number of fused-ring (bicyclic) bond motifs is 1. The summed E-state index contributed by atoms with van der Waals surface area (Å²) in [6, 6.07) is 10.2. The van der Waals surface area contributed by atoms with E-state index in [1.54, 1.807) is 6.20 Å². The molecule has 15 heavy (non-hydrogen) atoms. The average molecular weight is 201 g/mol. The maximum absolute atomic E-state index is 5.75. The number of benzene rings is 1.